The highest BCUT2D eigenvalue weighted by atomic mass is 15.1. The van der Waals surface area contributed by atoms with Crippen LogP contribution >= 0.6 is 0 Å². The number of fused-ring (bicyclic) bond motifs is 1. The van der Waals surface area contributed by atoms with Crippen LogP contribution in [-0.2, 0) is 0 Å². The van der Waals surface area contributed by atoms with Gasteiger partial charge in [0.1, 0.15) is 5.82 Å². The van der Waals surface area contributed by atoms with Crippen LogP contribution in [-0.4, -0.2) is 20.9 Å². The molecule has 0 aliphatic carbocycles. The standard InChI is InChI=1S/C14H22N4/c1-2-3-4-5-6-7-9-15-13-8-10-16-14-17-11-12-18(13)14/h8,10-12,15H,2-7,9H2,1H3. The first-order chi connectivity index (χ1) is 8.92. The molecule has 0 aromatic carbocycles. The van der Waals surface area contributed by atoms with E-state index < -0.39 is 0 Å². The molecule has 0 spiro atoms. The molecule has 18 heavy (non-hydrogen) atoms. The number of unbranched alkanes of at least 4 members (excludes halogenated alkanes) is 5. The molecule has 0 fully saturated rings. The average Bonchev–Trinajstić information content (AvgIpc) is 2.86. The molecule has 0 bridgehead atoms. The van der Waals surface area contributed by atoms with Gasteiger partial charge in [-0.15, -0.1) is 0 Å². The van der Waals surface area contributed by atoms with Crippen LogP contribution in [0.2, 0.25) is 0 Å². The summed E-state index contributed by atoms with van der Waals surface area (Å²) in [7, 11) is 0. The predicted octanol–water partition coefficient (Wildman–Crippen LogP) is 3.50. The van der Waals surface area contributed by atoms with Gasteiger partial charge >= 0.3 is 0 Å². The Kier molecular flexibility index (Phi) is 5.00. The van der Waals surface area contributed by atoms with Gasteiger partial charge in [0.05, 0.1) is 0 Å². The highest BCUT2D eigenvalue weighted by Gasteiger charge is 1.99. The van der Waals surface area contributed by atoms with E-state index in [0.29, 0.717) is 0 Å². The van der Waals surface area contributed by atoms with E-state index in [1.165, 1.54) is 38.5 Å². The van der Waals surface area contributed by atoms with Crippen LogP contribution < -0.4 is 5.32 Å². The summed E-state index contributed by atoms with van der Waals surface area (Å²) in [5.41, 5.74) is 0. The topological polar surface area (TPSA) is 42.2 Å². The molecule has 0 aliphatic heterocycles. The number of aromatic nitrogens is 3. The van der Waals surface area contributed by atoms with Crippen molar-refractivity contribution in [2.45, 2.75) is 45.4 Å². The summed E-state index contributed by atoms with van der Waals surface area (Å²) >= 11 is 0. The van der Waals surface area contributed by atoms with Gasteiger partial charge in [-0.1, -0.05) is 39.0 Å². The third-order valence-corrected chi connectivity index (χ3v) is 3.14. The van der Waals surface area contributed by atoms with Crippen molar-refractivity contribution in [3.63, 3.8) is 0 Å². The van der Waals surface area contributed by atoms with Crippen molar-refractivity contribution in [3.8, 4) is 0 Å². The average molecular weight is 246 g/mol. The van der Waals surface area contributed by atoms with Crippen LogP contribution in [0.25, 0.3) is 5.78 Å². The van der Waals surface area contributed by atoms with Crippen molar-refractivity contribution in [1.29, 1.82) is 0 Å². The zero-order valence-electron chi connectivity index (χ0n) is 11.1. The van der Waals surface area contributed by atoms with Gasteiger partial charge in [-0.3, -0.25) is 4.40 Å². The molecular weight excluding hydrogens is 224 g/mol. The van der Waals surface area contributed by atoms with Gasteiger partial charge in [-0.25, -0.2) is 9.97 Å². The second-order valence-electron chi connectivity index (χ2n) is 4.62. The molecule has 4 nitrogen and oxygen atoms in total. The fourth-order valence-corrected chi connectivity index (χ4v) is 2.10. The van der Waals surface area contributed by atoms with Crippen molar-refractivity contribution < 1.29 is 0 Å². The van der Waals surface area contributed by atoms with Crippen LogP contribution in [0.4, 0.5) is 5.82 Å². The molecular formula is C14H22N4. The van der Waals surface area contributed by atoms with E-state index >= 15 is 0 Å². The summed E-state index contributed by atoms with van der Waals surface area (Å²) < 4.78 is 1.98. The number of hydrogen-bond donors (Lipinski definition) is 1. The summed E-state index contributed by atoms with van der Waals surface area (Å²) in [6.45, 7) is 3.27. The van der Waals surface area contributed by atoms with Crippen molar-refractivity contribution in [2.75, 3.05) is 11.9 Å². The minimum absolute atomic E-state index is 0.753. The van der Waals surface area contributed by atoms with E-state index in [-0.39, 0.29) is 0 Å². The Labute approximate surface area is 108 Å². The molecule has 98 valence electrons. The molecule has 4 heteroatoms. The van der Waals surface area contributed by atoms with Gasteiger partial charge in [-0.05, 0) is 12.5 Å². The number of nitrogens with one attached hydrogen (secondary N) is 1. The molecule has 2 aromatic rings. The molecule has 2 heterocycles. The molecule has 1 N–H and O–H groups in total. The van der Waals surface area contributed by atoms with Gasteiger partial charge in [0.15, 0.2) is 0 Å². The minimum Gasteiger partial charge on any atom is -0.371 e. The second kappa shape index (κ2) is 6.99. The van der Waals surface area contributed by atoms with Gasteiger partial charge in [0.25, 0.3) is 0 Å². The predicted molar refractivity (Wildman–Crippen MR) is 74.9 cm³/mol. The first-order valence-electron chi connectivity index (χ1n) is 6.94. The van der Waals surface area contributed by atoms with E-state index in [9.17, 15) is 0 Å². The summed E-state index contributed by atoms with van der Waals surface area (Å²) in [6.07, 6.45) is 13.5. The van der Waals surface area contributed by atoms with Crippen molar-refractivity contribution in [1.82, 2.24) is 14.4 Å². The van der Waals surface area contributed by atoms with E-state index in [1.807, 2.05) is 16.7 Å². The minimum atomic E-state index is 0.753. The Morgan fingerprint density at radius 2 is 1.83 bits per heavy atom. The monoisotopic (exact) mass is 246 g/mol. The molecule has 0 saturated carbocycles. The van der Waals surface area contributed by atoms with E-state index in [2.05, 4.69) is 22.2 Å². The summed E-state index contributed by atoms with van der Waals surface area (Å²) in [5.74, 6) is 1.83. The van der Waals surface area contributed by atoms with Crippen LogP contribution in [0.5, 0.6) is 0 Å². The maximum atomic E-state index is 4.19. The Morgan fingerprint density at radius 3 is 2.72 bits per heavy atom. The summed E-state index contributed by atoms with van der Waals surface area (Å²) in [5, 5.41) is 3.45. The van der Waals surface area contributed by atoms with Crippen LogP contribution in [0.3, 0.4) is 0 Å². The van der Waals surface area contributed by atoms with Gasteiger partial charge in [-0.2, -0.15) is 0 Å². The fourth-order valence-electron chi connectivity index (χ4n) is 2.10. The third kappa shape index (κ3) is 3.45. The van der Waals surface area contributed by atoms with Crippen molar-refractivity contribution in [3.05, 3.63) is 24.7 Å². The smallest absolute Gasteiger partial charge is 0.235 e. The summed E-state index contributed by atoms with van der Waals surface area (Å²) in [4.78, 5) is 8.36. The Morgan fingerprint density at radius 1 is 1.06 bits per heavy atom. The quantitative estimate of drug-likeness (QED) is 0.725. The Balaban J connectivity index is 1.72. The first-order valence-corrected chi connectivity index (χ1v) is 6.94. The molecule has 0 saturated heterocycles. The Hall–Kier alpha value is -1.58. The van der Waals surface area contributed by atoms with Crippen LogP contribution in [0, 0.1) is 0 Å². The number of nitrogens with zero attached hydrogens (tertiary/aromatic N) is 3. The molecule has 2 aromatic heterocycles. The number of imidazole rings is 1. The van der Waals surface area contributed by atoms with E-state index in [1.54, 1.807) is 12.4 Å². The molecule has 0 unspecified atom stereocenters. The maximum Gasteiger partial charge on any atom is 0.235 e. The van der Waals surface area contributed by atoms with Gasteiger partial charge < -0.3 is 5.32 Å². The fraction of sp³-hybridized carbons (Fsp3) is 0.571. The van der Waals surface area contributed by atoms with E-state index in [0.717, 1.165) is 18.1 Å². The number of hydrogen-bond acceptors (Lipinski definition) is 3. The SMILES string of the molecule is CCCCCCCCNc1ccnc2nccn12. The molecule has 2 rings (SSSR count). The Bertz CT molecular complexity index is 464. The van der Waals surface area contributed by atoms with Gasteiger partial charge in [0.2, 0.25) is 5.78 Å². The molecule has 0 radical (unpaired) electrons. The van der Waals surface area contributed by atoms with Crippen molar-refractivity contribution in [2.24, 2.45) is 0 Å². The number of anilines is 1. The lowest BCUT2D eigenvalue weighted by Crippen LogP contribution is -2.06. The zero-order valence-corrected chi connectivity index (χ0v) is 11.1. The molecule has 0 aliphatic rings. The van der Waals surface area contributed by atoms with E-state index in [4.69, 9.17) is 0 Å². The summed E-state index contributed by atoms with van der Waals surface area (Å²) in [6, 6.07) is 1.99. The zero-order chi connectivity index (χ0) is 12.6. The van der Waals surface area contributed by atoms with Gasteiger partial charge in [0, 0.05) is 25.1 Å². The normalized spacial score (nSPS) is 10.9. The molecule has 0 atom stereocenters. The lowest BCUT2D eigenvalue weighted by molar-refractivity contribution is 0.616. The maximum absolute atomic E-state index is 4.19. The highest BCUT2D eigenvalue weighted by molar-refractivity contribution is 5.43. The number of rotatable bonds is 8. The first kappa shape index (κ1) is 12.9. The third-order valence-electron chi connectivity index (χ3n) is 3.14. The van der Waals surface area contributed by atoms with Crippen LogP contribution in [0.15, 0.2) is 24.7 Å². The largest absolute Gasteiger partial charge is 0.371 e. The second-order valence-corrected chi connectivity index (χ2v) is 4.62. The lowest BCUT2D eigenvalue weighted by atomic mass is 10.1. The van der Waals surface area contributed by atoms with Crippen molar-refractivity contribution >= 4 is 11.6 Å². The highest BCUT2D eigenvalue weighted by Crippen LogP contribution is 2.09. The van der Waals surface area contributed by atoms with Crippen LogP contribution in [0.1, 0.15) is 45.4 Å². The lowest BCUT2D eigenvalue weighted by Gasteiger charge is -2.08. The molecule has 0 amide bonds.